The molecule has 0 unspecified atom stereocenters. The monoisotopic (exact) mass is 1500 g/mol. The number of anilines is 1. The number of nitrogens with two attached hydrogens (primary N) is 1. The number of urea groups is 1. The van der Waals surface area contributed by atoms with Gasteiger partial charge in [-0.25, -0.2) is 34.0 Å². The number of benzene rings is 2. The van der Waals surface area contributed by atoms with E-state index in [2.05, 4.69) is 42.8 Å². The fraction of sp³-hybridized carbons (Fsp3) is 0.533. The molecule has 32 heteroatoms. The molecular weight excluding hydrogens is 1410 g/mol. The van der Waals surface area contributed by atoms with Gasteiger partial charge in [-0.3, -0.25) is 24.0 Å². The number of hydrogen-bond donors (Lipinski definition) is 4. The Morgan fingerprint density at radius 1 is 0.738 bits per heavy atom. The molecule has 6 heterocycles. The van der Waals surface area contributed by atoms with E-state index in [9.17, 15) is 43.5 Å². The first-order chi connectivity index (χ1) is 52.1. The number of cyclic esters (lactones) is 1. The Kier molecular flexibility index (Phi) is 35.5. The highest BCUT2D eigenvalue weighted by Gasteiger charge is 2.51. The lowest BCUT2D eigenvalue weighted by Crippen LogP contribution is -2.47. The van der Waals surface area contributed by atoms with E-state index < -0.39 is 53.5 Å². The van der Waals surface area contributed by atoms with E-state index >= 15 is 0 Å². The predicted molar refractivity (Wildman–Crippen MR) is 389 cm³/mol. The number of unbranched alkanes of at least 4 members (excludes halogenated alkanes) is 1. The number of pyridine rings is 2. The third-order valence-corrected chi connectivity index (χ3v) is 17.8. The maximum Gasteiger partial charge on any atom is 0.510 e. The number of phenolic OH excluding ortho intramolecular Hbond substituents is 1. The second kappa shape index (κ2) is 45.5. The summed E-state index contributed by atoms with van der Waals surface area (Å²) in [6.45, 7) is 9.62. The lowest BCUT2D eigenvalue weighted by atomic mass is 9.85. The number of primary amides is 1. The van der Waals surface area contributed by atoms with Gasteiger partial charge in [0.1, 0.15) is 38.0 Å². The quantitative estimate of drug-likeness (QED) is 0.0101. The van der Waals surface area contributed by atoms with E-state index in [1.54, 1.807) is 71.0 Å². The summed E-state index contributed by atoms with van der Waals surface area (Å²) in [4.78, 5) is 117. The van der Waals surface area contributed by atoms with Crippen LogP contribution in [0.1, 0.15) is 117 Å². The summed E-state index contributed by atoms with van der Waals surface area (Å²) < 4.78 is 70.0. The van der Waals surface area contributed by atoms with Gasteiger partial charge < -0.3 is 82.9 Å². The number of aromatic hydroxyl groups is 1. The van der Waals surface area contributed by atoms with Gasteiger partial charge in [-0.1, -0.05) is 54.8 Å². The Hall–Kier alpha value is -9.14. The van der Waals surface area contributed by atoms with Crippen LogP contribution >= 0.6 is 11.8 Å². The molecular formula is C75H96N10O21S. The molecule has 31 nitrogen and oxygen atoms in total. The Morgan fingerprint density at radius 2 is 1.37 bits per heavy atom. The maximum atomic E-state index is 14.1. The summed E-state index contributed by atoms with van der Waals surface area (Å²) in [5, 5.41) is 25.3. The van der Waals surface area contributed by atoms with Gasteiger partial charge >= 0.3 is 18.2 Å². The molecule has 2 atom stereocenters. The van der Waals surface area contributed by atoms with Gasteiger partial charge in [0.25, 0.3) is 5.56 Å². The fourth-order valence-corrected chi connectivity index (χ4v) is 12.0. The van der Waals surface area contributed by atoms with E-state index in [0.29, 0.717) is 197 Å². The molecule has 8 rings (SSSR count). The smallest absolute Gasteiger partial charge is 0.508 e. The Bertz CT molecular complexity index is 4020. The molecule has 0 fully saturated rings. The van der Waals surface area contributed by atoms with Crippen molar-refractivity contribution >= 4 is 69.8 Å². The van der Waals surface area contributed by atoms with Crippen LogP contribution in [0.5, 0.6) is 5.75 Å². The number of carbonyl (C=O) groups is 7. The number of aryl methyl sites for hydroxylation is 2. The lowest BCUT2D eigenvalue weighted by molar-refractivity contribution is -0.175. The molecule has 2 aliphatic rings. The molecule has 0 spiro atoms. The minimum atomic E-state index is -2.02. The van der Waals surface area contributed by atoms with Crippen LogP contribution in [0.4, 0.5) is 15.3 Å². The molecule has 0 aliphatic carbocycles. The molecule has 2 aliphatic heterocycles. The van der Waals surface area contributed by atoms with E-state index in [-0.39, 0.29) is 87.0 Å². The fourth-order valence-electron chi connectivity index (χ4n) is 11.7. The Balaban J connectivity index is 0.588. The highest BCUT2D eigenvalue weighted by molar-refractivity contribution is 7.98. The van der Waals surface area contributed by atoms with Crippen molar-refractivity contribution in [2.45, 2.75) is 128 Å². The van der Waals surface area contributed by atoms with Crippen molar-refractivity contribution in [2.75, 3.05) is 137 Å². The number of thioether (sulfide) groups is 1. The maximum absolute atomic E-state index is 14.1. The first-order valence-electron chi connectivity index (χ1n) is 35.9. The van der Waals surface area contributed by atoms with E-state index in [1.807, 2.05) is 19.4 Å². The van der Waals surface area contributed by atoms with E-state index in [1.165, 1.54) is 17.8 Å². The van der Waals surface area contributed by atoms with Crippen LogP contribution in [0, 0.1) is 17.8 Å². The lowest BCUT2D eigenvalue weighted by Gasteiger charge is -2.35. The van der Waals surface area contributed by atoms with Crippen LogP contribution in [0.3, 0.4) is 0 Å². The average molecular weight is 1510 g/mol. The van der Waals surface area contributed by atoms with Crippen LogP contribution < -0.4 is 21.9 Å². The molecule has 0 saturated carbocycles. The highest BCUT2D eigenvalue weighted by atomic mass is 32.2. The van der Waals surface area contributed by atoms with Crippen LogP contribution in [0.2, 0.25) is 0 Å². The number of ketones is 3. The second-order valence-electron chi connectivity index (χ2n) is 24.9. The number of esters is 1. The summed E-state index contributed by atoms with van der Waals surface area (Å²) in [7, 11) is 0. The third kappa shape index (κ3) is 27.2. The third-order valence-electron chi connectivity index (χ3n) is 17.2. The van der Waals surface area contributed by atoms with Crippen LogP contribution in [-0.2, 0) is 126 Å². The molecule has 6 aromatic rings. The number of Topliss-reactive ketones (excluding diaryl/α,β-unsaturated/α-hetero) is 3. The molecule has 2 aromatic carbocycles. The summed E-state index contributed by atoms with van der Waals surface area (Å²) in [6.07, 6.45) is 10.2. The first-order valence-corrected chi connectivity index (χ1v) is 37.2. The zero-order valence-corrected chi connectivity index (χ0v) is 61.7. The number of nitrogens with one attached hydrogen (secondary N) is 2. The Labute approximate surface area is 624 Å². The normalized spacial score (nSPS) is 13.8. The summed E-state index contributed by atoms with van der Waals surface area (Å²) in [6, 6.07) is 12.1. The first kappa shape index (κ1) is 83.5. The van der Waals surface area contributed by atoms with Crippen molar-refractivity contribution in [1.29, 1.82) is 0 Å². The van der Waals surface area contributed by atoms with Gasteiger partial charge in [-0.2, -0.15) is 0 Å². The topological polar surface area (TPSA) is 392 Å². The largest absolute Gasteiger partial charge is 0.510 e. The van der Waals surface area contributed by atoms with Crippen molar-refractivity contribution in [1.82, 2.24) is 39.8 Å². The van der Waals surface area contributed by atoms with Crippen LogP contribution in [-0.4, -0.2) is 213 Å². The van der Waals surface area contributed by atoms with Crippen molar-refractivity contribution in [3.63, 3.8) is 0 Å². The predicted octanol–water partition coefficient (Wildman–Crippen LogP) is 6.70. The standard InChI is InChI=1S/C75H96N10O21S/c1-4-61-62-42-58(87)21-22-66(62)81-68-63(61)47-85-67(68)43-65-64(70(85)91)51-104-71(92)75(65,5-2)106-74(94)105-48-52-15-17-55(18-16-52)80-69(90)54(12-9-23-77-72(76)93)41-60(89)50-103-49-59(88)14-10-25-95-27-29-97-31-33-99-35-37-101-39-40-102-38-36-100-34-32-98-30-28-96-26-24-84-46-56(82-83-84)19-20-57(86)13-8-6-7-11-53-44-78-73(107-3)79-45-53/h15-18,21-22,42-46,54,87H,4-6,8-10,12-14,19-20,23-41,47-51H2,1-3H3,(H,80,90)(H3,76,77,93)/t54-,75+/m1/s1. The zero-order chi connectivity index (χ0) is 76.0. The summed E-state index contributed by atoms with van der Waals surface area (Å²) in [5.74, 6) is 3.55. The molecule has 0 radical (unpaired) electrons. The van der Waals surface area contributed by atoms with E-state index in [0.717, 1.165) is 27.8 Å². The van der Waals surface area contributed by atoms with Crippen LogP contribution in [0.15, 0.2) is 77.1 Å². The number of hydrogen-bond acceptors (Lipinski definition) is 27. The number of carbonyl (C=O) groups excluding carboxylic acids is 7. The van der Waals surface area contributed by atoms with Crippen molar-refractivity contribution in [2.24, 2.45) is 11.7 Å². The van der Waals surface area contributed by atoms with Crippen molar-refractivity contribution < 1.29 is 95.5 Å². The summed E-state index contributed by atoms with van der Waals surface area (Å²) >= 11 is 1.48. The number of nitrogens with zero attached hydrogens (tertiary/aromatic N) is 7. The minimum absolute atomic E-state index is 0.0880. The molecule has 107 heavy (non-hydrogen) atoms. The molecule has 4 aromatic heterocycles. The van der Waals surface area contributed by atoms with Gasteiger partial charge in [-0.15, -0.1) is 5.10 Å². The van der Waals surface area contributed by atoms with E-state index in [4.69, 9.17) is 67.6 Å². The van der Waals surface area contributed by atoms with Crippen molar-refractivity contribution in [3.05, 3.63) is 117 Å². The molecule has 0 saturated heterocycles. The molecule has 578 valence electrons. The molecule has 5 N–H and O–H groups in total. The molecule has 0 bridgehead atoms. The number of amides is 3. The van der Waals surface area contributed by atoms with Gasteiger partial charge in [0.2, 0.25) is 11.5 Å². The summed E-state index contributed by atoms with van der Waals surface area (Å²) in [5.41, 5.74) is 8.83. The Morgan fingerprint density at radius 3 is 2.01 bits per heavy atom. The minimum Gasteiger partial charge on any atom is -0.508 e. The average Bonchev–Trinajstić information content (AvgIpc) is 1.45. The zero-order valence-electron chi connectivity index (χ0n) is 60.9. The van der Waals surface area contributed by atoms with Gasteiger partial charge in [-0.05, 0) is 98.7 Å². The van der Waals surface area contributed by atoms with Gasteiger partial charge in [0.05, 0.1) is 146 Å². The number of aromatic nitrogens is 7. The number of ether oxygens (including phenoxy) is 12. The van der Waals surface area contributed by atoms with Gasteiger partial charge in [0, 0.05) is 92.0 Å². The SMILES string of the molecule is CCc1c2c(nc3ccc(O)cc13)-c1cc3c(c(=O)n1C2)COC(=O)[C@@]3(CC)OC(=O)OCc1ccc(NC(=O)[C@H](CCCNC(N)=O)CC(=O)COCC(=O)CCCOCCOCCOCCOCCOCCOCCOCCOCCn2cc(CCC(=O)CCCC#Cc3cnc(SC)nc3)nn2)cc1. The van der Waals surface area contributed by atoms with Gasteiger partial charge in [0.15, 0.2) is 16.7 Å². The highest BCUT2D eigenvalue weighted by Crippen LogP contribution is 2.43. The molecule has 3 amide bonds. The number of rotatable bonds is 52. The number of fused-ring (bicyclic) bond motifs is 5. The van der Waals surface area contributed by atoms with Crippen molar-refractivity contribution in [3.8, 4) is 29.0 Å². The number of phenols is 1. The van der Waals surface area contributed by atoms with Crippen LogP contribution in [0.25, 0.3) is 22.3 Å². The second-order valence-corrected chi connectivity index (χ2v) is 25.7.